The molecule has 1 heterocycles. The van der Waals surface area contributed by atoms with Gasteiger partial charge in [0.05, 0.1) is 20.8 Å². The van der Waals surface area contributed by atoms with Crippen molar-refractivity contribution in [2.24, 2.45) is 0 Å². The van der Waals surface area contributed by atoms with Crippen LogP contribution in [0.2, 0.25) is 0 Å². The average Bonchev–Trinajstić information content (AvgIpc) is 2.78. The highest BCUT2D eigenvalue weighted by Crippen LogP contribution is 2.28. The maximum Gasteiger partial charge on any atom is 0.185 e. The Morgan fingerprint density at radius 3 is 2.52 bits per heavy atom. The van der Waals surface area contributed by atoms with E-state index in [9.17, 15) is 4.79 Å². The Balaban J connectivity index is 1.79. The Morgan fingerprint density at radius 2 is 1.83 bits per heavy atom. The predicted octanol–water partition coefficient (Wildman–Crippen LogP) is 4.23. The summed E-state index contributed by atoms with van der Waals surface area (Å²) in [6.07, 6.45) is 4.90. The second-order valence-corrected chi connectivity index (χ2v) is 6.19. The third-order valence-corrected chi connectivity index (χ3v) is 4.32. The van der Waals surface area contributed by atoms with Gasteiger partial charge in [-0.15, -0.1) is 0 Å². The molecule has 0 bridgehead atoms. The Labute approximate surface area is 169 Å². The number of ketones is 1. The first-order chi connectivity index (χ1) is 14.1. The smallest absolute Gasteiger partial charge is 0.185 e. The summed E-state index contributed by atoms with van der Waals surface area (Å²) in [5.74, 6) is 1.54. The largest absolute Gasteiger partial charge is 0.493 e. The van der Waals surface area contributed by atoms with Crippen LogP contribution >= 0.6 is 0 Å². The lowest BCUT2D eigenvalue weighted by Gasteiger charge is -2.09. The standard InChI is InChI=1S/C23H22N2O4/c1-28-21-12-8-18(14-22(21)29-2)20(27)11-7-17-4-3-13-24-23(17)25-19-9-5-16(15-26)6-10-19/h3-14,26H,15H2,1-2H3,(H,24,25). The van der Waals surface area contributed by atoms with Crippen molar-refractivity contribution in [2.75, 3.05) is 19.5 Å². The van der Waals surface area contributed by atoms with E-state index in [1.165, 1.54) is 13.2 Å². The van der Waals surface area contributed by atoms with Crippen molar-refractivity contribution in [1.82, 2.24) is 4.98 Å². The molecule has 29 heavy (non-hydrogen) atoms. The van der Waals surface area contributed by atoms with Crippen molar-refractivity contribution in [1.29, 1.82) is 0 Å². The maximum atomic E-state index is 12.6. The van der Waals surface area contributed by atoms with E-state index in [-0.39, 0.29) is 12.4 Å². The first kappa shape index (κ1) is 20.1. The highest BCUT2D eigenvalue weighted by molar-refractivity contribution is 6.07. The van der Waals surface area contributed by atoms with Gasteiger partial charge in [-0.25, -0.2) is 4.98 Å². The van der Waals surface area contributed by atoms with E-state index < -0.39 is 0 Å². The molecule has 1 aromatic heterocycles. The maximum absolute atomic E-state index is 12.6. The zero-order valence-electron chi connectivity index (χ0n) is 16.3. The molecule has 3 rings (SSSR count). The number of aliphatic hydroxyl groups excluding tert-OH is 1. The zero-order valence-corrected chi connectivity index (χ0v) is 16.3. The topological polar surface area (TPSA) is 80.7 Å². The lowest BCUT2D eigenvalue weighted by atomic mass is 10.1. The van der Waals surface area contributed by atoms with Crippen molar-refractivity contribution in [3.63, 3.8) is 0 Å². The highest BCUT2D eigenvalue weighted by Gasteiger charge is 2.09. The molecule has 0 aliphatic heterocycles. The number of carbonyl (C=O) groups is 1. The van der Waals surface area contributed by atoms with Crippen molar-refractivity contribution in [3.8, 4) is 11.5 Å². The van der Waals surface area contributed by atoms with Crippen LogP contribution in [0.4, 0.5) is 11.5 Å². The molecule has 0 saturated heterocycles. The molecule has 3 aromatic rings. The van der Waals surface area contributed by atoms with Crippen molar-refractivity contribution >= 4 is 23.4 Å². The molecule has 0 aliphatic carbocycles. The van der Waals surface area contributed by atoms with E-state index in [2.05, 4.69) is 10.3 Å². The number of anilines is 2. The van der Waals surface area contributed by atoms with Gasteiger partial charge in [-0.2, -0.15) is 0 Å². The van der Waals surface area contributed by atoms with Crippen molar-refractivity contribution < 1.29 is 19.4 Å². The number of nitrogens with one attached hydrogen (secondary N) is 1. The molecule has 0 aliphatic rings. The Hall–Kier alpha value is -3.64. The molecule has 0 atom stereocenters. The lowest BCUT2D eigenvalue weighted by molar-refractivity contribution is 0.104. The van der Waals surface area contributed by atoms with Gasteiger partial charge >= 0.3 is 0 Å². The van der Waals surface area contributed by atoms with Crippen LogP contribution in [-0.4, -0.2) is 30.1 Å². The first-order valence-electron chi connectivity index (χ1n) is 9.01. The summed E-state index contributed by atoms with van der Waals surface area (Å²) in [7, 11) is 3.08. The fourth-order valence-corrected chi connectivity index (χ4v) is 2.74. The third kappa shape index (κ3) is 5.00. The fourth-order valence-electron chi connectivity index (χ4n) is 2.74. The molecule has 0 spiro atoms. The number of carbonyl (C=O) groups excluding carboxylic acids is 1. The third-order valence-electron chi connectivity index (χ3n) is 4.32. The minimum Gasteiger partial charge on any atom is -0.493 e. The first-order valence-corrected chi connectivity index (χ1v) is 9.01. The number of hydrogen-bond acceptors (Lipinski definition) is 6. The summed E-state index contributed by atoms with van der Waals surface area (Å²) in [5.41, 5.74) is 2.93. The Bertz CT molecular complexity index is 1010. The van der Waals surface area contributed by atoms with Crippen LogP contribution in [0.25, 0.3) is 6.08 Å². The van der Waals surface area contributed by atoms with Crippen LogP contribution in [0, 0.1) is 0 Å². The van der Waals surface area contributed by atoms with E-state index >= 15 is 0 Å². The number of rotatable bonds is 8. The van der Waals surface area contributed by atoms with Crippen LogP contribution in [-0.2, 0) is 6.61 Å². The molecular formula is C23H22N2O4. The molecule has 6 heteroatoms. The van der Waals surface area contributed by atoms with E-state index in [4.69, 9.17) is 14.6 Å². The average molecular weight is 390 g/mol. The number of pyridine rings is 1. The summed E-state index contributed by atoms with van der Waals surface area (Å²) in [6, 6.07) is 16.1. The number of benzene rings is 2. The van der Waals surface area contributed by atoms with E-state index in [1.807, 2.05) is 30.3 Å². The molecule has 0 amide bonds. The second-order valence-electron chi connectivity index (χ2n) is 6.19. The van der Waals surface area contributed by atoms with Gasteiger partial charge in [0.1, 0.15) is 5.82 Å². The van der Waals surface area contributed by atoms with Gasteiger partial charge in [0.15, 0.2) is 17.3 Å². The summed E-state index contributed by atoms with van der Waals surface area (Å²) in [4.78, 5) is 16.9. The number of aliphatic hydroxyl groups is 1. The number of allylic oxidation sites excluding steroid dienone is 1. The fraction of sp³-hybridized carbons (Fsp3) is 0.130. The minimum absolute atomic E-state index is 0.00386. The Kier molecular flexibility index (Phi) is 6.60. The molecule has 2 N–H and O–H groups in total. The van der Waals surface area contributed by atoms with Gasteiger partial charge in [0, 0.05) is 23.0 Å². The summed E-state index contributed by atoms with van der Waals surface area (Å²) in [6.45, 7) is -0.00386. The van der Waals surface area contributed by atoms with Crippen LogP contribution in [0.1, 0.15) is 21.5 Å². The van der Waals surface area contributed by atoms with Gasteiger partial charge in [-0.1, -0.05) is 12.1 Å². The normalized spacial score (nSPS) is 10.7. The van der Waals surface area contributed by atoms with Gasteiger partial charge in [0.25, 0.3) is 0 Å². The predicted molar refractivity (Wildman–Crippen MR) is 113 cm³/mol. The van der Waals surface area contributed by atoms with Crippen molar-refractivity contribution in [3.05, 3.63) is 83.6 Å². The van der Waals surface area contributed by atoms with Gasteiger partial charge < -0.3 is 19.9 Å². The molecule has 0 unspecified atom stereocenters. The summed E-state index contributed by atoms with van der Waals surface area (Å²) >= 11 is 0. The minimum atomic E-state index is -0.159. The zero-order chi connectivity index (χ0) is 20.6. The molecule has 0 radical (unpaired) electrons. The number of aromatic nitrogens is 1. The SMILES string of the molecule is COc1ccc(C(=O)C=Cc2cccnc2Nc2ccc(CO)cc2)cc1OC. The summed E-state index contributed by atoms with van der Waals surface area (Å²) < 4.78 is 10.5. The van der Waals surface area contributed by atoms with E-state index in [0.717, 1.165) is 16.8 Å². The van der Waals surface area contributed by atoms with Gasteiger partial charge in [-0.3, -0.25) is 4.79 Å². The molecule has 0 fully saturated rings. The van der Waals surface area contributed by atoms with E-state index in [1.54, 1.807) is 43.6 Å². The molecule has 6 nitrogen and oxygen atoms in total. The summed E-state index contributed by atoms with van der Waals surface area (Å²) in [5, 5.41) is 12.4. The molecular weight excluding hydrogens is 368 g/mol. The van der Waals surface area contributed by atoms with Gasteiger partial charge in [-0.05, 0) is 60.2 Å². The van der Waals surface area contributed by atoms with Crippen LogP contribution in [0.15, 0.2) is 66.9 Å². The number of nitrogens with zero attached hydrogens (tertiary/aromatic N) is 1. The van der Waals surface area contributed by atoms with Crippen LogP contribution in [0.3, 0.4) is 0 Å². The monoisotopic (exact) mass is 390 g/mol. The van der Waals surface area contributed by atoms with Crippen molar-refractivity contribution in [2.45, 2.75) is 6.61 Å². The molecule has 0 saturated carbocycles. The lowest BCUT2D eigenvalue weighted by Crippen LogP contribution is -1.99. The quantitative estimate of drug-likeness (QED) is 0.443. The van der Waals surface area contributed by atoms with Crippen LogP contribution in [0.5, 0.6) is 11.5 Å². The van der Waals surface area contributed by atoms with E-state index in [0.29, 0.717) is 22.9 Å². The molecule has 148 valence electrons. The van der Waals surface area contributed by atoms with Crippen LogP contribution < -0.4 is 14.8 Å². The second kappa shape index (κ2) is 9.52. The van der Waals surface area contributed by atoms with Gasteiger partial charge in [0.2, 0.25) is 0 Å². The Morgan fingerprint density at radius 1 is 1.07 bits per heavy atom. The molecule has 2 aromatic carbocycles. The number of hydrogen-bond donors (Lipinski definition) is 2. The number of methoxy groups -OCH3 is 2. The highest BCUT2D eigenvalue weighted by atomic mass is 16.5. The number of ether oxygens (including phenoxy) is 2.